The molecule has 0 aliphatic heterocycles. The van der Waals surface area contributed by atoms with Crippen molar-refractivity contribution < 1.29 is 18.4 Å². The summed E-state index contributed by atoms with van der Waals surface area (Å²) < 4.78 is 23.8. The van der Waals surface area contributed by atoms with Crippen molar-refractivity contribution in [2.75, 3.05) is 12.4 Å². The van der Waals surface area contributed by atoms with E-state index in [0.717, 1.165) is 0 Å². The number of rotatable bonds is 4. The van der Waals surface area contributed by atoms with Gasteiger partial charge in [-0.3, -0.25) is 4.79 Å². The van der Waals surface area contributed by atoms with Gasteiger partial charge in [0.25, 0.3) is 5.91 Å². The Labute approximate surface area is 148 Å². The molecule has 0 atom stereocenters. The van der Waals surface area contributed by atoms with Crippen LogP contribution in [-0.4, -0.2) is 18.2 Å². The Bertz CT molecular complexity index is 940. The molecule has 3 rings (SSSR count). The molecule has 0 spiro atoms. The third-order valence-corrected chi connectivity index (χ3v) is 3.83. The third kappa shape index (κ3) is 3.49. The summed E-state index contributed by atoms with van der Waals surface area (Å²) >= 11 is 5.98. The number of halogens is 2. The molecule has 0 radical (unpaired) electrons. The number of aryl methyl sites for hydroxylation is 1. The molecule has 0 aliphatic rings. The first-order valence-electron chi connectivity index (χ1n) is 7.36. The van der Waals surface area contributed by atoms with E-state index < -0.39 is 11.7 Å². The van der Waals surface area contributed by atoms with Crippen LogP contribution in [0.1, 0.15) is 16.1 Å². The third-order valence-electron chi connectivity index (χ3n) is 3.60. The topological polar surface area (TPSA) is 64.4 Å². The SMILES string of the molecule is COc1ccc(Cl)cc1NC(=O)c1c(-c2cccc(F)c2)noc1C. The van der Waals surface area contributed by atoms with E-state index in [-0.39, 0.29) is 11.3 Å². The van der Waals surface area contributed by atoms with Crippen molar-refractivity contribution in [2.24, 2.45) is 0 Å². The molecular formula is C18H14ClFN2O3. The maximum atomic E-state index is 13.5. The second-order valence-electron chi connectivity index (χ2n) is 5.27. The molecule has 3 aromatic rings. The minimum atomic E-state index is -0.460. The van der Waals surface area contributed by atoms with Gasteiger partial charge in [0.2, 0.25) is 0 Å². The molecule has 2 aromatic carbocycles. The molecule has 1 amide bonds. The largest absolute Gasteiger partial charge is 0.495 e. The lowest BCUT2D eigenvalue weighted by Crippen LogP contribution is -2.14. The zero-order valence-electron chi connectivity index (χ0n) is 13.5. The van der Waals surface area contributed by atoms with Crippen LogP contribution in [0.3, 0.4) is 0 Å². The van der Waals surface area contributed by atoms with Gasteiger partial charge in [-0.2, -0.15) is 0 Å². The summed E-state index contributed by atoms with van der Waals surface area (Å²) in [6, 6.07) is 10.7. The van der Waals surface area contributed by atoms with Crippen molar-refractivity contribution in [3.63, 3.8) is 0 Å². The number of anilines is 1. The van der Waals surface area contributed by atoms with Crippen molar-refractivity contribution in [2.45, 2.75) is 6.92 Å². The Morgan fingerprint density at radius 3 is 2.80 bits per heavy atom. The van der Waals surface area contributed by atoms with E-state index in [9.17, 15) is 9.18 Å². The van der Waals surface area contributed by atoms with Crippen LogP contribution in [0.2, 0.25) is 5.02 Å². The van der Waals surface area contributed by atoms with Crippen LogP contribution in [-0.2, 0) is 0 Å². The van der Waals surface area contributed by atoms with E-state index in [0.29, 0.717) is 27.8 Å². The lowest BCUT2D eigenvalue weighted by Gasteiger charge is -2.10. The highest BCUT2D eigenvalue weighted by atomic mass is 35.5. The van der Waals surface area contributed by atoms with Crippen molar-refractivity contribution in [3.05, 3.63) is 64.6 Å². The molecule has 0 fully saturated rings. The molecular weight excluding hydrogens is 347 g/mol. The number of nitrogens with zero attached hydrogens (tertiary/aromatic N) is 1. The van der Waals surface area contributed by atoms with Crippen LogP contribution in [0.4, 0.5) is 10.1 Å². The molecule has 1 heterocycles. The number of hydrogen-bond donors (Lipinski definition) is 1. The van der Waals surface area contributed by atoms with Crippen LogP contribution in [0.5, 0.6) is 5.75 Å². The summed E-state index contributed by atoms with van der Waals surface area (Å²) in [7, 11) is 1.49. The summed E-state index contributed by atoms with van der Waals surface area (Å²) in [5.74, 6) is -0.114. The predicted molar refractivity (Wildman–Crippen MR) is 92.6 cm³/mol. The molecule has 5 nitrogen and oxygen atoms in total. The van der Waals surface area contributed by atoms with E-state index in [1.165, 1.54) is 25.3 Å². The monoisotopic (exact) mass is 360 g/mol. The smallest absolute Gasteiger partial charge is 0.261 e. The predicted octanol–water partition coefficient (Wildman–Crippen LogP) is 4.70. The van der Waals surface area contributed by atoms with Crippen molar-refractivity contribution in [1.29, 1.82) is 0 Å². The second kappa shape index (κ2) is 6.94. The van der Waals surface area contributed by atoms with E-state index in [1.54, 1.807) is 31.2 Å². The van der Waals surface area contributed by atoms with Crippen molar-refractivity contribution in [3.8, 4) is 17.0 Å². The molecule has 128 valence electrons. The molecule has 0 saturated heterocycles. The highest BCUT2D eigenvalue weighted by Gasteiger charge is 2.23. The number of benzene rings is 2. The zero-order valence-corrected chi connectivity index (χ0v) is 14.2. The fourth-order valence-corrected chi connectivity index (χ4v) is 2.61. The first-order valence-corrected chi connectivity index (χ1v) is 7.74. The summed E-state index contributed by atoms with van der Waals surface area (Å²) in [5.41, 5.74) is 1.33. The van der Waals surface area contributed by atoms with Crippen molar-refractivity contribution in [1.82, 2.24) is 5.16 Å². The first kappa shape index (κ1) is 17.0. The molecule has 0 bridgehead atoms. The second-order valence-corrected chi connectivity index (χ2v) is 5.71. The van der Waals surface area contributed by atoms with Gasteiger partial charge in [0.05, 0.1) is 12.8 Å². The Morgan fingerprint density at radius 2 is 2.08 bits per heavy atom. The standard InChI is InChI=1S/C18H14ClFN2O3/c1-10-16(17(22-25-10)11-4-3-5-13(20)8-11)18(23)21-14-9-12(19)6-7-15(14)24-2/h3-9H,1-2H3,(H,21,23). The van der Waals surface area contributed by atoms with E-state index in [1.807, 2.05) is 0 Å². The Morgan fingerprint density at radius 1 is 1.28 bits per heavy atom. The van der Waals surface area contributed by atoms with Gasteiger partial charge in [0, 0.05) is 10.6 Å². The van der Waals surface area contributed by atoms with Crippen LogP contribution < -0.4 is 10.1 Å². The molecule has 1 aromatic heterocycles. The summed E-state index contributed by atoms with van der Waals surface area (Å²) in [6.45, 7) is 1.61. The molecule has 25 heavy (non-hydrogen) atoms. The minimum Gasteiger partial charge on any atom is -0.495 e. The van der Waals surface area contributed by atoms with Gasteiger partial charge in [0.15, 0.2) is 0 Å². The zero-order chi connectivity index (χ0) is 18.0. The van der Waals surface area contributed by atoms with Gasteiger partial charge in [0.1, 0.15) is 28.6 Å². The Hall–Kier alpha value is -2.86. The highest BCUT2D eigenvalue weighted by molar-refractivity contribution is 6.31. The Balaban J connectivity index is 1.99. The van der Waals surface area contributed by atoms with Gasteiger partial charge in [-0.1, -0.05) is 28.9 Å². The van der Waals surface area contributed by atoms with E-state index in [4.69, 9.17) is 20.9 Å². The van der Waals surface area contributed by atoms with Gasteiger partial charge in [-0.15, -0.1) is 0 Å². The molecule has 0 saturated carbocycles. The van der Waals surface area contributed by atoms with Gasteiger partial charge in [-0.25, -0.2) is 4.39 Å². The molecule has 0 unspecified atom stereocenters. The Kier molecular flexibility index (Phi) is 4.72. The summed E-state index contributed by atoms with van der Waals surface area (Å²) in [4.78, 5) is 12.8. The minimum absolute atomic E-state index is 0.215. The van der Waals surface area contributed by atoms with Crippen LogP contribution >= 0.6 is 11.6 Å². The molecule has 7 heteroatoms. The van der Waals surface area contributed by atoms with Gasteiger partial charge >= 0.3 is 0 Å². The highest BCUT2D eigenvalue weighted by Crippen LogP contribution is 2.30. The number of methoxy groups -OCH3 is 1. The quantitative estimate of drug-likeness (QED) is 0.732. The number of nitrogens with one attached hydrogen (secondary N) is 1. The van der Waals surface area contributed by atoms with Crippen LogP contribution in [0, 0.1) is 12.7 Å². The number of ether oxygens (including phenoxy) is 1. The molecule has 0 aliphatic carbocycles. The van der Waals surface area contributed by atoms with Crippen molar-refractivity contribution >= 4 is 23.2 Å². The van der Waals surface area contributed by atoms with E-state index >= 15 is 0 Å². The van der Waals surface area contributed by atoms with Gasteiger partial charge < -0.3 is 14.6 Å². The average Bonchev–Trinajstić information content (AvgIpc) is 2.97. The maximum Gasteiger partial charge on any atom is 0.261 e. The average molecular weight is 361 g/mol. The number of hydrogen-bond acceptors (Lipinski definition) is 4. The summed E-state index contributed by atoms with van der Waals surface area (Å²) in [6.07, 6.45) is 0. The van der Waals surface area contributed by atoms with Crippen LogP contribution in [0.15, 0.2) is 47.0 Å². The summed E-state index contributed by atoms with van der Waals surface area (Å²) in [5, 5.41) is 7.07. The number of carbonyl (C=O) groups is 1. The molecule has 1 N–H and O–H groups in total. The van der Waals surface area contributed by atoms with Gasteiger partial charge in [-0.05, 0) is 37.3 Å². The number of amides is 1. The maximum absolute atomic E-state index is 13.5. The fourth-order valence-electron chi connectivity index (χ4n) is 2.44. The normalized spacial score (nSPS) is 10.6. The first-order chi connectivity index (χ1) is 12.0. The van der Waals surface area contributed by atoms with E-state index in [2.05, 4.69) is 10.5 Å². The fraction of sp³-hybridized carbons (Fsp3) is 0.111. The number of carbonyl (C=O) groups excluding carboxylic acids is 1. The van der Waals surface area contributed by atoms with Crippen LogP contribution in [0.25, 0.3) is 11.3 Å². The lowest BCUT2D eigenvalue weighted by molar-refractivity contribution is 0.102. The number of aromatic nitrogens is 1. The lowest BCUT2D eigenvalue weighted by atomic mass is 10.1.